The van der Waals surface area contributed by atoms with Crippen LogP contribution >= 0.6 is 0 Å². The lowest BCUT2D eigenvalue weighted by Gasteiger charge is -2.35. The molecule has 0 aromatic carbocycles. The second kappa shape index (κ2) is 7.35. The number of rotatable bonds is 6. The van der Waals surface area contributed by atoms with Gasteiger partial charge in [0.15, 0.2) is 0 Å². The van der Waals surface area contributed by atoms with Crippen LogP contribution in [0.1, 0.15) is 25.0 Å². The Morgan fingerprint density at radius 1 is 1.17 bits per heavy atom. The van der Waals surface area contributed by atoms with Crippen molar-refractivity contribution in [2.24, 2.45) is 5.92 Å². The molecule has 0 amide bonds. The van der Waals surface area contributed by atoms with Gasteiger partial charge < -0.3 is 4.90 Å². The number of pyridine rings is 1. The molecule has 0 spiro atoms. The maximum absolute atomic E-state index is 13.2. The molecule has 0 N–H and O–H groups in total. The average Bonchev–Trinajstić information content (AvgIpc) is 2.85. The SMILES string of the molecule is FC(F)C(F)(F)CCN1C[C@@H]2CC[C@H](C1)N(Cc1ccccn1)C2. The molecule has 7 heteroatoms. The molecule has 4 rings (SSSR count). The van der Waals surface area contributed by atoms with E-state index in [9.17, 15) is 17.6 Å². The van der Waals surface area contributed by atoms with Gasteiger partial charge in [0, 0.05) is 51.4 Å². The summed E-state index contributed by atoms with van der Waals surface area (Å²) in [5.74, 6) is -3.48. The van der Waals surface area contributed by atoms with Crippen LogP contribution in [0.25, 0.3) is 0 Å². The minimum Gasteiger partial charge on any atom is -0.301 e. The highest BCUT2D eigenvalue weighted by molar-refractivity contribution is 5.04. The maximum atomic E-state index is 13.2. The Bertz CT molecular complexity index is 526. The summed E-state index contributed by atoms with van der Waals surface area (Å²) in [5, 5.41) is 0. The maximum Gasteiger partial charge on any atom is 0.308 e. The lowest BCUT2D eigenvalue weighted by atomic mass is 9.95. The van der Waals surface area contributed by atoms with E-state index in [4.69, 9.17) is 0 Å². The van der Waals surface area contributed by atoms with Crippen molar-refractivity contribution < 1.29 is 17.6 Å². The van der Waals surface area contributed by atoms with Crippen molar-refractivity contribution in [1.29, 1.82) is 0 Å². The van der Waals surface area contributed by atoms with Crippen LogP contribution in [0.2, 0.25) is 0 Å². The Balaban J connectivity index is 1.59. The summed E-state index contributed by atoms with van der Waals surface area (Å²) in [4.78, 5) is 8.66. The second-order valence-corrected chi connectivity index (χ2v) is 6.92. The molecule has 1 aromatic rings. The van der Waals surface area contributed by atoms with Crippen molar-refractivity contribution in [3.63, 3.8) is 0 Å². The first-order chi connectivity index (χ1) is 11.4. The van der Waals surface area contributed by atoms with Crippen LogP contribution in [-0.2, 0) is 6.54 Å². The molecule has 134 valence electrons. The fourth-order valence-corrected chi connectivity index (χ4v) is 3.77. The topological polar surface area (TPSA) is 19.4 Å². The van der Waals surface area contributed by atoms with E-state index in [0.29, 0.717) is 19.0 Å². The van der Waals surface area contributed by atoms with Crippen molar-refractivity contribution in [3.05, 3.63) is 30.1 Å². The van der Waals surface area contributed by atoms with Crippen molar-refractivity contribution >= 4 is 0 Å². The van der Waals surface area contributed by atoms with Gasteiger partial charge in [-0.05, 0) is 30.9 Å². The van der Waals surface area contributed by atoms with Crippen molar-refractivity contribution in [2.75, 3.05) is 26.2 Å². The minimum atomic E-state index is -3.89. The smallest absolute Gasteiger partial charge is 0.301 e. The van der Waals surface area contributed by atoms with Crippen molar-refractivity contribution in [2.45, 2.75) is 44.2 Å². The van der Waals surface area contributed by atoms with E-state index in [2.05, 4.69) is 9.88 Å². The summed E-state index contributed by atoms with van der Waals surface area (Å²) < 4.78 is 51.0. The predicted molar refractivity (Wildman–Crippen MR) is 83.2 cm³/mol. The standard InChI is InChI=1S/C17H23F4N3/c18-16(19)17(20,21)6-8-23-9-13-4-5-15(12-23)24(10-13)11-14-3-1-2-7-22-14/h1-3,7,13,15-16H,4-6,8-12H2/t13-,15+/m0/s1. The van der Waals surface area contributed by atoms with Crippen LogP contribution in [0.4, 0.5) is 17.6 Å². The van der Waals surface area contributed by atoms with Gasteiger partial charge in [-0.3, -0.25) is 9.88 Å². The van der Waals surface area contributed by atoms with Gasteiger partial charge >= 0.3 is 12.3 Å². The van der Waals surface area contributed by atoms with Crippen LogP contribution in [0, 0.1) is 5.92 Å². The lowest BCUT2D eigenvalue weighted by molar-refractivity contribution is -0.135. The first-order valence-corrected chi connectivity index (χ1v) is 8.46. The molecule has 3 aliphatic heterocycles. The zero-order valence-electron chi connectivity index (χ0n) is 13.6. The molecule has 4 heterocycles. The molecule has 2 bridgehead atoms. The van der Waals surface area contributed by atoms with Gasteiger partial charge in [-0.2, -0.15) is 0 Å². The third kappa shape index (κ3) is 4.25. The highest BCUT2D eigenvalue weighted by Gasteiger charge is 2.41. The van der Waals surface area contributed by atoms with Crippen LogP contribution in [0.5, 0.6) is 0 Å². The first-order valence-electron chi connectivity index (χ1n) is 8.46. The number of hydrogen-bond donors (Lipinski definition) is 0. The molecular formula is C17H23F4N3. The molecular weight excluding hydrogens is 322 g/mol. The average molecular weight is 345 g/mol. The van der Waals surface area contributed by atoms with Crippen LogP contribution in [-0.4, -0.2) is 59.4 Å². The Morgan fingerprint density at radius 2 is 2.00 bits per heavy atom. The number of halogens is 4. The molecule has 3 fully saturated rings. The fourth-order valence-electron chi connectivity index (χ4n) is 3.77. The normalized spacial score (nSPS) is 26.0. The summed E-state index contributed by atoms with van der Waals surface area (Å²) in [5.41, 5.74) is 1.00. The molecule has 0 unspecified atom stereocenters. The first kappa shape index (κ1) is 17.6. The van der Waals surface area contributed by atoms with Crippen molar-refractivity contribution in [1.82, 2.24) is 14.8 Å². The zero-order valence-corrected chi connectivity index (χ0v) is 13.6. The van der Waals surface area contributed by atoms with E-state index >= 15 is 0 Å². The van der Waals surface area contributed by atoms with Crippen LogP contribution in [0.3, 0.4) is 0 Å². The summed E-state index contributed by atoms with van der Waals surface area (Å²) in [7, 11) is 0. The van der Waals surface area contributed by atoms with Crippen LogP contribution in [0.15, 0.2) is 24.4 Å². The molecule has 24 heavy (non-hydrogen) atoms. The van der Waals surface area contributed by atoms with Gasteiger partial charge in [0.05, 0.1) is 5.69 Å². The van der Waals surface area contributed by atoms with Gasteiger partial charge in [-0.25, -0.2) is 17.6 Å². The number of nitrogens with zero attached hydrogens (tertiary/aromatic N) is 3. The minimum absolute atomic E-state index is 0.0295. The Hall–Kier alpha value is -1.21. The molecule has 0 radical (unpaired) electrons. The summed E-state index contributed by atoms with van der Waals surface area (Å²) in [6, 6.07) is 6.10. The molecule has 0 aliphatic carbocycles. The molecule has 1 aromatic heterocycles. The number of fused-ring (bicyclic) bond motifs is 4. The highest BCUT2D eigenvalue weighted by atomic mass is 19.3. The molecule has 3 nitrogen and oxygen atoms in total. The number of alkyl halides is 4. The monoisotopic (exact) mass is 345 g/mol. The molecule has 3 aliphatic rings. The Labute approximate surface area is 139 Å². The predicted octanol–water partition coefficient (Wildman–Crippen LogP) is 3.27. The number of aromatic nitrogens is 1. The van der Waals surface area contributed by atoms with E-state index in [1.807, 2.05) is 23.1 Å². The summed E-state index contributed by atoms with van der Waals surface area (Å²) in [6.45, 7) is 3.09. The molecule has 0 saturated carbocycles. The van der Waals surface area contributed by atoms with Crippen molar-refractivity contribution in [3.8, 4) is 0 Å². The van der Waals surface area contributed by atoms with Gasteiger partial charge in [-0.15, -0.1) is 0 Å². The Kier molecular flexibility index (Phi) is 5.39. The van der Waals surface area contributed by atoms with E-state index in [-0.39, 0.29) is 12.6 Å². The molecule has 2 atom stereocenters. The summed E-state index contributed by atoms with van der Waals surface area (Å²) >= 11 is 0. The lowest BCUT2D eigenvalue weighted by Crippen LogP contribution is -2.43. The summed E-state index contributed by atoms with van der Waals surface area (Å²) in [6.07, 6.45) is -0.486. The van der Waals surface area contributed by atoms with Gasteiger partial charge in [-0.1, -0.05) is 6.07 Å². The highest BCUT2D eigenvalue weighted by Crippen LogP contribution is 2.31. The van der Waals surface area contributed by atoms with Crippen LogP contribution < -0.4 is 0 Å². The van der Waals surface area contributed by atoms with E-state index in [1.54, 1.807) is 6.20 Å². The Morgan fingerprint density at radius 3 is 2.71 bits per heavy atom. The van der Waals surface area contributed by atoms with Gasteiger partial charge in [0.2, 0.25) is 0 Å². The van der Waals surface area contributed by atoms with E-state index in [1.165, 1.54) is 0 Å². The third-order valence-electron chi connectivity index (χ3n) is 5.07. The van der Waals surface area contributed by atoms with E-state index < -0.39 is 18.8 Å². The van der Waals surface area contributed by atoms with E-state index in [0.717, 1.165) is 31.6 Å². The second-order valence-electron chi connectivity index (χ2n) is 6.92. The fraction of sp³-hybridized carbons (Fsp3) is 0.706. The van der Waals surface area contributed by atoms with Gasteiger partial charge in [0.1, 0.15) is 0 Å². The largest absolute Gasteiger partial charge is 0.308 e. The number of piperidine rings is 1. The quantitative estimate of drug-likeness (QED) is 0.738. The van der Waals surface area contributed by atoms with Gasteiger partial charge in [0.25, 0.3) is 0 Å². The number of hydrogen-bond acceptors (Lipinski definition) is 3. The zero-order chi connectivity index (χ0) is 17.2. The molecule has 3 saturated heterocycles. The third-order valence-corrected chi connectivity index (χ3v) is 5.07.